The summed E-state index contributed by atoms with van der Waals surface area (Å²) < 4.78 is 32.0. The maximum atomic E-state index is 13.3. The molecule has 1 aliphatic heterocycles. The molecule has 0 aliphatic carbocycles. The van der Waals surface area contributed by atoms with Crippen molar-refractivity contribution in [3.63, 3.8) is 0 Å². The molecule has 0 bridgehead atoms. The molecule has 35 heavy (non-hydrogen) atoms. The van der Waals surface area contributed by atoms with Crippen LogP contribution in [-0.2, 0) is 11.2 Å². The lowest BCUT2D eigenvalue weighted by Crippen LogP contribution is -2.44. The van der Waals surface area contributed by atoms with E-state index in [1.807, 2.05) is 35.4 Å². The van der Waals surface area contributed by atoms with E-state index in [0.29, 0.717) is 13.1 Å². The number of nitrogens with zero attached hydrogens (tertiary/aromatic N) is 2. The molecule has 1 aliphatic rings. The number of likely N-dealkylation sites (tertiary alicyclic amines) is 1. The number of carbonyl (C=O) groups is 1. The van der Waals surface area contributed by atoms with Crippen molar-refractivity contribution in [2.24, 2.45) is 11.8 Å². The lowest BCUT2D eigenvalue weighted by atomic mass is 9.81. The molecule has 1 N–H and O–H groups in total. The molecule has 0 amide bonds. The number of fused-ring (bicyclic) bond motifs is 1. The Kier molecular flexibility index (Phi) is 7.94. The first-order chi connectivity index (χ1) is 16.9. The number of aliphatic carboxylic acids is 1. The minimum atomic E-state index is -0.793. The number of rotatable bonds is 7. The summed E-state index contributed by atoms with van der Waals surface area (Å²) in [6.45, 7) is 1.52. The molecule has 1 fully saturated rings. The molecular weight excluding hydrogens is 450 g/mol. The van der Waals surface area contributed by atoms with E-state index in [2.05, 4.69) is 16.8 Å². The smallest absolute Gasteiger partial charge is 0.308 e. The first-order valence-corrected chi connectivity index (χ1v) is 11.7. The van der Waals surface area contributed by atoms with Crippen LogP contribution in [0.2, 0.25) is 0 Å². The highest BCUT2D eigenvalue weighted by molar-refractivity contribution is 5.83. The van der Waals surface area contributed by atoms with E-state index in [4.69, 9.17) is 4.74 Å². The minimum absolute atomic E-state index is 0.0941. The molecule has 0 unspecified atom stereocenters. The van der Waals surface area contributed by atoms with Gasteiger partial charge in [-0.25, -0.2) is 8.78 Å². The van der Waals surface area contributed by atoms with Crippen LogP contribution in [0, 0.1) is 35.3 Å². The van der Waals surface area contributed by atoms with Crippen molar-refractivity contribution < 1.29 is 23.4 Å². The van der Waals surface area contributed by atoms with Crippen LogP contribution in [0.4, 0.5) is 8.78 Å². The van der Waals surface area contributed by atoms with Gasteiger partial charge in [0.2, 0.25) is 0 Å². The Balaban J connectivity index is 1.34. The van der Waals surface area contributed by atoms with Gasteiger partial charge in [-0.2, -0.15) is 0 Å². The van der Waals surface area contributed by atoms with Gasteiger partial charge in [0.05, 0.1) is 25.1 Å². The molecule has 2 atom stereocenters. The zero-order valence-electron chi connectivity index (χ0n) is 19.6. The number of carboxylic acids is 1. The number of aryl methyl sites for hydroxylation is 1. The first-order valence-electron chi connectivity index (χ1n) is 11.7. The summed E-state index contributed by atoms with van der Waals surface area (Å²) >= 11 is 0. The third-order valence-electron chi connectivity index (χ3n) is 6.62. The van der Waals surface area contributed by atoms with E-state index >= 15 is 0 Å². The standard InChI is InChI=1S/C28H28F2N2O3/c1-35-24-7-8-27-25(17-24)20(9-11-31-27)5-2-6-21-10-13-32(18-26(21)28(33)34)12-3-4-19-14-22(29)16-23(30)15-19/h7-9,11,14-17,21,26H,2,5-6,10,12-13,18H2,1H3,(H,33,34)/t21-,26+/m1/s1. The highest BCUT2D eigenvalue weighted by Crippen LogP contribution is 2.30. The van der Waals surface area contributed by atoms with Crippen LogP contribution >= 0.6 is 0 Å². The average molecular weight is 479 g/mol. The van der Waals surface area contributed by atoms with E-state index < -0.39 is 23.5 Å². The molecule has 1 saturated heterocycles. The summed E-state index contributed by atoms with van der Waals surface area (Å²) in [6.07, 6.45) is 5.14. The number of carboxylic acid groups (broad SMARTS) is 1. The molecule has 2 heterocycles. The van der Waals surface area contributed by atoms with Crippen molar-refractivity contribution in [3.8, 4) is 17.6 Å². The maximum Gasteiger partial charge on any atom is 0.308 e. The molecule has 182 valence electrons. The second kappa shape index (κ2) is 11.3. The largest absolute Gasteiger partial charge is 0.497 e. The number of benzene rings is 2. The van der Waals surface area contributed by atoms with E-state index in [0.717, 1.165) is 54.9 Å². The fraction of sp³-hybridized carbons (Fsp3) is 0.357. The fourth-order valence-corrected chi connectivity index (χ4v) is 4.80. The monoisotopic (exact) mass is 478 g/mol. The van der Waals surface area contributed by atoms with Crippen LogP contribution in [-0.4, -0.2) is 47.7 Å². The number of hydrogen-bond acceptors (Lipinski definition) is 4. The Hall–Kier alpha value is -3.50. The second-order valence-corrected chi connectivity index (χ2v) is 8.93. The molecule has 0 radical (unpaired) electrons. The summed E-state index contributed by atoms with van der Waals surface area (Å²) in [5, 5.41) is 10.9. The SMILES string of the molecule is COc1ccc2nccc(CCC[C@@H]3CCN(CC#Cc4cc(F)cc(F)c4)C[C@@H]3C(=O)O)c2c1. The number of piperidine rings is 1. The predicted octanol–water partition coefficient (Wildman–Crippen LogP) is 4.92. The van der Waals surface area contributed by atoms with Gasteiger partial charge in [0.25, 0.3) is 0 Å². The summed E-state index contributed by atoms with van der Waals surface area (Å²) in [7, 11) is 1.64. The molecule has 0 saturated carbocycles. The van der Waals surface area contributed by atoms with Gasteiger partial charge in [0.1, 0.15) is 17.4 Å². The van der Waals surface area contributed by atoms with Gasteiger partial charge < -0.3 is 9.84 Å². The Morgan fingerprint density at radius 2 is 2.00 bits per heavy atom. The predicted molar refractivity (Wildman–Crippen MR) is 130 cm³/mol. The summed E-state index contributed by atoms with van der Waals surface area (Å²) in [5.74, 6) is 3.99. The van der Waals surface area contributed by atoms with Crippen molar-refractivity contribution in [2.45, 2.75) is 25.7 Å². The van der Waals surface area contributed by atoms with Crippen LogP contribution < -0.4 is 4.74 Å². The van der Waals surface area contributed by atoms with Crippen LogP contribution in [0.25, 0.3) is 10.9 Å². The zero-order valence-corrected chi connectivity index (χ0v) is 19.6. The Labute approximate surface area is 203 Å². The van der Waals surface area contributed by atoms with E-state index in [1.54, 1.807) is 7.11 Å². The van der Waals surface area contributed by atoms with Gasteiger partial charge in [0, 0.05) is 29.8 Å². The summed E-state index contributed by atoms with van der Waals surface area (Å²) in [4.78, 5) is 18.4. The van der Waals surface area contributed by atoms with E-state index in [9.17, 15) is 18.7 Å². The third-order valence-corrected chi connectivity index (χ3v) is 6.62. The van der Waals surface area contributed by atoms with Gasteiger partial charge in [-0.05, 0) is 80.1 Å². The number of halogens is 2. The number of pyridine rings is 1. The maximum absolute atomic E-state index is 13.3. The molecular formula is C28H28F2N2O3. The van der Waals surface area contributed by atoms with E-state index in [-0.39, 0.29) is 11.5 Å². The van der Waals surface area contributed by atoms with Crippen LogP contribution in [0.3, 0.4) is 0 Å². The lowest BCUT2D eigenvalue weighted by molar-refractivity contribution is -0.146. The molecule has 5 nitrogen and oxygen atoms in total. The highest BCUT2D eigenvalue weighted by atomic mass is 19.1. The van der Waals surface area contributed by atoms with Crippen LogP contribution in [0.1, 0.15) is 30.4 Å². The van der Waals surface area contributed by atoms with Crippen molar-refractivity contribution >= 4 is 16.9 Å². The normalized spacial score (nSPS) is 18.1. The molecule has 1 aromatic heterocycles. The Bertz CT molecular complexity index is 1250. The van der Waals surface area contributed by atoms with Crippen LogP contribution in [0.5, 0.6) is 5.75 Å². The first kappa shape index (κ1) is 24.6. The zero-order chi connectivity index (χ0) is 24.8. The van der Waals surface area contributed by atoms with Crippen LogP contribution in [0.15, 0.2) is 48.7 Å². The number of ether oxygens (including phenoxy) is 1. The Morgan fingerprint density at radius 3 is 2.74 bits per heavy atom. The van der Waals surface area contributed by atoms with Gasteiger partial charge in [-0.1, -0.05) is 11.8 Å². The topological polar surface area (TPSA) is 62.7 Å². The molecule has 0 spiro atoms. The van der Waals surface area contributed by atoms with Crippen molar-refractivity contribution in [3.05, 3.63) is 71.4 Å². The van der Waals surface area contributed by atoms with Crippen molar-refractivity contribution in [1.82, 2.24) is 9.88 Å². The molecule has 2 aromatic carbocycles. The second-order valence-electron chi connectivity index (χ2n) is 8.93. The molecule has 4 rings (SSSR count). The highest BCUT2D eigenvalue weighted by Gasteiger charge is 2.33. The summed E-state index contributed by atoms with van der Waals surface area (Å²) in [5.41, 5.74) is 2.37. The minimum Gasteiger partial charge on any atom is -0.497 e. The molecule has 3 aromatic rings. The molecule has 7 heteroatoms. The summed E-state index contributed by atoms with van der Waals surface area (Å²) in [6, 6.07) is 11.0. The number of hydrogen-bond donors (Lipinski definition) is 1. The number of methoxy groups -OCH3 is 1. The lowest BCUT2D eigenvalue weighted by Gasteiger charge is -2.35. The van der Waals surface area contributed by atoms with Crippen molar-refractivity contribution in [2.75, 3.05) is 26.7 Å². The average Bonchev–Trinajstić information content (AvgIpc) is 2.84. The van der Waals surface area contributed by atoms with E-state index in [1.165, 1.54) is 17.7 Å². The quantitative estimate of drug-likeness (QED) is 0.489. The van der Waals surface area contributed by atoms with Gasteiger partial charge in [0.15, 0.2) is 0 Å². The van der Waals surface area contributed by atoms with Gasteiger partial charge in [-0.15, -0.1) is 0 Å². The van der Waals surface area contributed by atoms with Gasteiger partial charge in [-0.3, -0.25) is 14.7 Å². The third kappa shape index (κ3) is 6.34. The van der Waals surface area contributed by atoms with Gasteiger partial charge >= 0.3 is 5.97 Å². The fourth-order valence-electron chi connectivity index (χ4n) is 4.80. The van der Waals surface area contributed by atoms with Crippen molar-refractivity contribution in [1.29, 1.82) is 0 Å². The Morgan fingerprint density at radius 1 is 1.20 bits per heavy atom. The number of aromatic nitrogens is 1.